The zero-order valence-electron chi connectivity index (χ0n) is 28.0. The molecule has 6 saturated carbocycles. The van der Waals surface area contributed by atoms with Crippen LogP contribution in [0.1, 0.15) is 122 Å². The first-order valence-electron chi connectivity index (χ1n) is 20.0. The van der Waals surface area contributed by atoms with E-state index in [1.807, 2.05) is 0 Å². The van der Waals surface area contributed by atoms with Gasteiger partial charge in [0.05, 0.1) is 25.4 Å². The fourth-order valence-electron chi connectivity index (χ4n) is 13.2. The Morgan fingerprint density at radius 2 is 0.889 bits per heavy atom. The van der Waals surface area contributed by atoms with Crippen LogP contribution in [0.2, 0.25) is 0 Å². The summed E-state index contributed by atoms with van der Waals surface area (Å²) >= 11 is 0. The Morgan fingerprint density at radius 3 is 1.58 bits per heavy atom. The molecule has 0 aromatic carbocycles. The molecule has 3 aliphatic heterocycles. The molecule has 3 saturated heterocycles. The number of rotatable bonds is 5. The molecule has 6 heteroatoms. The lowest BCUT2D eigenvalue weighted by atomic mass is 9.59. The van der Waals surface area contributed by atoms with Crippen LogP contribution in [0.3, 0.4) is 0 Å². The molecule has 3 heterocycles. The Kier molecular flexibility index (Phi) is 9.29. The van der Waals surface area contributed by atoms with Gasteiger partial charge < -0.3 is 28.4 Å². The van der Waals surface area contributed by atoms with Gasteiger partial charge in [0.25, 0.3) is 0 Å². The zero-order chi connectivity index (χ0) is 29.7. The van der Waals surface area contributed by atoms with Gasteiger partial charge in [-0.2, -0.15) is 0 Å². The third-order valence-electron chi connectivity index (χ3n) is 14.9. The standard InChI is InChI=1S/C39H62O6/c1-2-14-41-38(40-13-1)31-21-26-8-4-10-28(17-26)35(31)33-12-15-42-39(44-33)32-22-27-9-5-11-29(18-27)36(32)34-23-43-37(45-34)30-19-24-6-3-7-25(16-24)20-30/h24-39H,1-23H2. The number of hydrogen-bond acceptors (Lipinski definition) is 6. The van der Waals surface area contributed by atoms with Gasteiger partial charge in [-0.05, 0) is 112 Å². The van der Waals surface area contributed by atoms with Crippen LogP contribution in [0.25, 0.3) is 0 Å². The third-order valence-corrected chi connectivity index (χ3v) is 14.9. The van der Waals surface area contributed by atoms with Crippen molar-refractivity contribution in [3.8, 4) is 0 Å². The van der Waals surface area contributed by atoms with Crippen LogP contribution in [0, 0.1) is 65.1 Å². The topological polar surface area (TPSA) is 55.4 Å². The smallest absolute Gasteiger partial charge is 0.161 e. The number of hydrogen-bond donors (Lipinski definition) is 0. The molecule has 0 spiro atoms. The maximum absolute atomic E-state index is 7.33. The minimum atomic E-state index is -0.105. The summed E-state index contributed by atoms with van der Waals surface area (Å²) in [5, 5.41) is 0. The molecular weight excluding hydrogens is 564 g/mol. The fourth-order valence-corrected chi connectivity index (χ4v) is 13.2. The van der Waals surface area contributed by atoms with Gasteiger partial charge in [-0.25, -0.2) is 0 Å². The first kappa shape index (κ1) is 30.8. The van der Waals surface area contributed by atoms with Crippen molar-refractivity contribution < 1.29 is 28.4 Å². The van der Waals surface area contributed by atoms with Crippen molar-refractivity contribution in [2.45, 2.75) is 153 Å². The normalized spacial score (nSPS) is 52.7. The van der Waals surface area contributed by atoms with Gasteiger partial charge in [0.2, 0.25) is 0 Å². The van der Waals surface area contributed by atoms with Crippen molar-refractivity contribution in [2.24, 2.45) is 65.1 Å². The minimum absolute atomic E-state index is 0.0168. The summed E-state index contributed by atoms with van der Waals surface area (Å²) in [6.45, 7) is 3.30. The monoisotopic (exact) mass is 626 g/mol. The maximum Gasteiger partial charge on any atom is 0.161 e. The molecule has 0 aromatic rings. The highest BCUT2D eigenvalue weighted by molar-refractivity contribution is 4.99. The van der Waals surface area contributed by atoms with Crippen molar-refractivity contribution in [1.29, 1.82) is 0 Å². The van der Waals surface area contributed by atoms with Gasteiger partial charge in [0, 0.05) is 31.0 Å². The molecular formula is C39H62O6. The first-order chi connectivity index (χ1) is 22.2. The van der Waals surface area contributed by atoms with Crippen LogP contribution in [-0.4, -0.2) is 57.5 Å². The molecule has 6 nitrogen and oxygen atoms in total. The van der Waals surface area contributed by atoms with Crippen LogP contribution in [-0.2, 0) is 28.4 Å². The molecule has 9 aliphatic rings. The van der Waals surface area contributed by atoms with Crippen LogP contribution in [0.15, 0.2) is 0 Å². The van der Waals surface area contributed by atoms with Gasteiger partial charge in [-0.1, -0.05) is 57.8 Å². The molecule has 9 fully saturated rings. The van der Waals surface area contributed by atoms with E-state index in [0.717, 1.165) is 81.2 Å². The lowest BCUT2D eigenvalue weighted by Crippen LogP contribution is -2.54. The summed E-state index contributed by atoms with van der Waals surface area (Å²) < 4.78 is 40.6. The van der Waals surface area contributed by atoms with Gasteiger partial charge in [-0.15, -0.1) is 0 Å². The van der Waals surface area contributed by atoms with Gasteiger partial charge in [0.1, 0.15) is 0 Å². The quantitative estimate of drug-likeness (QED) is 0.307. The summed E-state index contributed by atoms with van der Waals surface area (Å²) in [5.41, 5.74) is 0. The minimum Gasteiger partial charge on any atom is -0.352 e. The van der Waals surface area contributed by atoms with E-state index in [2.05, 4.69) is 0 Å². The fraction of sp³-hybridized carbons (Fsp3) is 1.00. The van der Waals surface area contributed by atoms with Gasteiger partial charge >= 0.3 is 0 Å². The summed E-state index contributed by atoms with van der Waals surface area (Å²) in [7, 11) is 0. The van der Waals surface area contributed by atoms with Crippen molar-refractivity contribution in [3.05, 3.63) is 0 Å². The van der Waals surface area contributed by atoms with Crippen LogP contribution in [0.4, 0.5) is 0 Å². The summed E-state index contributed by atoms with van der Waals surface area (Å²) in [6, 6.07) is 0. The molecule has 254 valence electrons. The first-order valence-corrected chi connectivity index (χ1v) is 20.0. The molecule has 45 heavy (non-hydrogen) atoms. The maximum atomic E-state index is 7.33. The van der Waals surface area contributed by atoms with E-state index in [0.29, 0.717) is 29.6 Å². The lowest BCUT2D eigenvalue weighted by Gasteiger charge is -2.53. The highest BCUT2D eigenvalue weighted by Gasteiger charge is 2.54. The third kappa shape index (κ3) is 6.33. The van der Waals surface area contributed by atoms with E-state index >= 15 is 0 Å². The molecule has 0 amide bonds. The van der Waals surface area contributed by atoms with E-state index < -0.39 is 0 Å². The molecule has 0 N–H and O–H groups in total. The predicted octanol–water partition coefficient (Wildman–Crippen LogP) is 8.11. The number of ether oxygens (including phenoxy) is 6. The van der Waals surface area contributed by atoms with Crippen molar-refractivity contribution in [3.63, 3.8) is 0 Å². The highest BCUT2D eigenvalue weighted by Crippen LogP contribution is 2.55. The zero-order valence-corrected chi connectivity index (χ0v) is 28.0. The van der Waals surface area contributed by atoms with Crippen LogP contribution >= 0.6 is 0 Å². The van der Waals surface area contributed by atoms with E-state index in [4.69, 9.17) is 28.4 Å². The van der Waals surface area contributed by atoms with E-state index in [1.54, 1.807) is 0 Å². The molecule has 6 bridgehead atoms. The predicted molar refractivity (Wildman–Crippen MR) is 171 cm³/mol. The van der Waals surface area contributed by atoms with Gasteiger partial charge in [-0.3, -0.25) is 0 Å². The largest absolute Gasteiger partial charge is 0.352 e. The van der Waals surface area contributed by atoms with Crippen molar-refractivity contribution >= 4 is 0 Å². The average Bonchev–Trinajstić information content (AvgIpc) is 3.38. The number of fused-ring (bicyclic) bond motifs is 6. The Hall–Kier alpha value is -0.240. The van der Waals surface area contributed by atoms with Crippen LogP contribution in [0.5, 0.6) is 0 Å². The van der Waals surface area contributed by atoms with Crippen molar-refractivity contribution in [1.82, 2.24) is 0 Å². The molecule has 0 aromatic heterocycles. The summed E-state index contributed by atoms with van der Waals surface area (Å²) in [4.78, 5) is 0. The van der Waals surface area contributed by atoms with Gasteiger partial charge in [0.15, 0.2) is 18.9 Å². The van der Waals surface area contributed by atoms with Crippen molar-refractivity contribution in [2.75, 3.05) is 26.4 Å². The molecule has 0 radical (unpaired) electrons. The Labute approximate surface area is 272 Å². The van der Waals surface area contributed by atoms with Crippen LogP contribution < -0.4 is 0 Å². The van der Waals surface area contributed by atoms with E-state index in [9.17, 15) is 0 Å². The Balaban J connectivity index is 0.930. The second-order valence-electron chi connectivity index (χ2n) is 17.6. The molecule has 14 atom stereocenters. The second kappa shape index (κ2) is 13.6. The average molecular weight is 627 g/mol. The SMILES string of the molecule is C1CCOC(C2CC3CCCC(C3)C2C2CCOC(C3CC4CCCC(C4)C3C3COC(C4CC5CCCC(C5)C4)O3)O2)OC1. The highest BCUT2D eigenvalue weighted by atomic mass is 16.7. The molecule has 9 rings (SSSR count). The molecule has 14 unspecified atom stereocenters. The summed E-state index contributed by atoms with van der Waals surface area (Å²) in [6.07, 6.45) is 25.5. The Morgan fingerprint density at radius 1 is 0.356 bits per heavy atom. The molecule has 6 aliphatic carbocycles. The van der Waals surface area contributed by atoms with E-state index in [-0.39, 0.29) is 31.1 Å². The Bertz CT molecular complexity index is 971. The van der Waals surface area contributed by atoms with E-state index in [1.165, 1.54) is 103 Å². The lowest BCUT2D eigenvalue weighted by molar-refractivity contribution is -0.288. The summed E-state index contributed by atoms with van der Waals surface area (Å²) in [5.74, 6) is 7.45. The second-order valence-corrected chi connectivity index (χ2v) is 17.6.